The second-order valence-electron chi connectivity index (χ2n) is 3.74. The molecule has 0 spiro atoms. The molecule has 0 unspecified atom stereocenters. The zero-order valence-electron chi connectivity index (χ0n) is 9.74. The van der Waals surface area contributed by atoms with Crippen LogP contribution in [0.4, 0.5) is 0 Å². The number of carbonyl (C=O) groups is 2. The highest BCUT2D eigenvalue weighted by molar-refractivity contribution is 8.26. The normalized spacial score (nSPS) is 17.3. The van der Waals surface area contributed by atoms with Crippen molar-refractivity contribution in [3.8, 4) is 0 Å². The highest BCUT2D eigenvalue weighted by Crippen LogP contribution is 2.32. The van der Waals surface area contributed by atoms with E-state index >= 15 is 0 Å². The lowest BCUT2D eigenvalue weighted by Gasteiger charge is -2.14. The number of carbonyl (C=O) groups excluding carboxylic acids is 2. The highest BCUT2D eigenvalue weighted by atomic mass is 32.2. The van der Waals surface area contributed by atoms with Crippen molar-refractivity contribution in [1.82, 2.24) is 9.88 Å². The molecule has 5 nitrogen and oxygen atoms in total. The first kappa shape index (κ1) is 13.7. The quantitative estimate of drug-likeness (QED) is 0.592. The zero-order chi connectivity index (χ0) is 13.8. The Morgan fingerprint density at radius 3 is 2.79 bits per heavy atom. The van der Waals surface area contributed by atoms with Crippen LogP contribution < -0.4 is 5.11 Å². The van der Waals surface area contributed by atoms with Crippen LogP contribution in [0.15, 0.2) is 29.4 Å². The first-order chi connectivity index (χ1) is 9.08. The Balaban J connectivity index is 2.14. The maximum absolute atomic E-state index is 12.1. The number of aromatic nitrogens is 1. The summed E-state index contributed by atoms with van der Waals surface area (Å²) in [4.78, 5) is 28.1. The smallest absolute Gasteiger partial charge is 0.266 e. The molecule has 0 aliphatic carbocycles. The monoisotopic (exact) mass is 293 g/mol. The third-order valence-corrected chi connectivity index (χ3v) is 3.79. The van der Waals surface area contributed by atoms with Crippen molar-refractivity contribution in [2.75, 3.05) is 6.54 Å². The highest BCUT2D eigenvalue weighted by Gasteiger charge is 2.31. The van der Waals surface area contributed by atoms with Crippen LogP contribution in [0, 0.1) is 0 Å². The van der Waals surface area contributed by atoms with Gasteiger partial charge >= 0.3 is 0 Å². The lowest BCUT2D eigenvalue weighted by Crippen LogP contribution is -2.33. The number of pyridine rings is 1. The topological polar surface area (TPSA) is 73.3 Å². The molecule has 1 fully saturated rings. The molecule has 0 bridgehead atoms. The molecule has 1 amide bonds. The number of aliphatic carboxylic acids is 1. The van der Waals surface area contributed by atoms with Crippen molar-refractivity contribution in [2.24, 2.45) is 0 Å². The van der Waals surface area contributed by atoms with Crippen LogP contribution >= 0.6 is 24.0 Å². The number of hydrogen-bond acceptors (Lipinski definition) is 6. The Morgan fingerprint density at radius 2 is 2.16 bits per heavy atom. The second-order valence-corrected chi connectivity index (χ2v) is 5.41. The van der Waals surface area contributed by atoms with Crippen molar-refractivity contribution in [2.45, 2.75) is 6.42 Å². The summed E-state index contributed by atoms with van der Waals surface area (Å²) in [5.41, 5.74) is 0.843. The molecule has 7 heteroatoms. The lowest BCUT2D eigenvalue weighted by molar-refractivity contribution is -0.305. The number of hydrogen-bond donors (Lipinski definition) is 0. The van der Waals surface area contributed by atoms with Gasteiger partial charge in [-0.1, -0.05) is 24.0 Å². The maximum Gasteiger partial charge on any atom is 0.266 e. The van der Waals surface area contributed by atoms with Crippen LogP contribution in [0.5, 0.6) is 0 Å². The molecule has 1 aromatic rings. The van der Waals surface area contributed by atoms with Gasteiger partial charge in [0.25, 0.3) is 5.91 Å². The van der Waals surface area contributed by atoms with Gasteiger partial charge < -0.3 is 9.90 Å². The van der Waals surface area contributed by atoms with Gasteiger partial charge in [0.15, 0.2) is 0 Å². The minimum absolute atomic E-state index is 0.0423. The second kappa shape index (κ2) is 5.94. The van der Waals surface area contributed by atoms with E-state index in [1.807, 2.05) is 0 Å². The van der Waals surface area contributed by atoms with Crippen LogP contribution in [-0.2, 0) is 9.59 Å². The molecule has 0 radical (unpaired) electrons. The van der Waals surface area contributed by atoms with Crippen molar-refractivity contribution in [3.63, 3.8) is 0 Å². The predicted molar refractivity (Wildman–Crippen MR) is 73.7 cm³/mol. The SMILES string of the molecule is O=C([O-])CCN1C(=O)/C(=C/c2ccncc2)SC1=S. The van der Waals surface area contributed by atoms with E-state index in [4.69, 9.17) is 12.2 Å². The van der Waals surface area contributed by atoms with Crippen molar-refractivity contribution < 1.29 is 14.7 Å². The Bertz CT molecular complexity index is 557. The number of nitrogens with zero attached hydrogens (tertiary/aromatic N) is 2. The average Bonchev–Trinajstić information content (AvgIpc) is 2.63. The summed E-state index contributed by atoms with van der Waals surface area (Å²) in [7, 11) is 0. The van der Waals surface area contributed by atoms with Gasteiger partial charge in [-0.3, -0.25) is 14.7 Å². The van der Waals surface area contributed by atoms with Crippen LogP contribution in [0.25, 0.3) is 6.08 Å². The Kier molecular flexibility index (Phi) is 4.28. The van der Waals surface area contributed by atoms with Gasteiger partial charge in [0.2, 0.25) is 0 Å². The van der Waals surface area contributed by atoms with Crippen molar-refractivity contribution >= 4 is 46.3 Å². The van der Waals surface area contributed by atoms with Gasteiger partial charge in [-0.05, 0) is 23.8 Å². The third-order valence-electron chi connectivity index (χ3n) is 2.42. The van der Waals surface area contributed by atoms with Gasteiger partial charge in [-0.2, -0.15) is 0 Å². The van der Waals surface area contributed by atoms with Gasteiger partial charge in [0.05, 0.1) is 4.91 Å². The molecule has 1 aliphatic rings. The minimum atomic E-state index is -1.20. The molecule has 2 heterocycles. The van der Waals surface area contributed by atoms with Crippen LogP contribution in [0.3, 0.4) is 0 Å². The summed E-state index contributed by atoms with van der Waals surface area (Å²) < 4.78 is 0.367. The molecular weight excluding hydrogens is 284 g/mol. The molecule has 1 saturated heterocycles. The van der Waals surface area contributed by atoms with Crippen LogP contribution in [-0.4, -0.2) is 32.6 Å². The number of amides is 1. The van der Waals surface area contributed by atoms with Crippen molar-refractivity contribution in [1.29, 1.82) is 0 Å². The fourth-order valence-corrected chi connectivity index (χ4v) is 2.82. The van der Waals surface area contributed by atoms with Crippen LogP contribution in [0.1, 0.15) is 12.0 Å². The Labute approximate surface area is 119 Å². The van der Waals surface area contributed by atoms with Gasteiger partial charge in [0.1, 0.15) is 4.32 Å². The lowest BCUT2D eigenvalue weighted by atomic mass is 10.2. The number of carboxylic acids is 1. The Hall–Kier alpha value is -1.73. The fraction of sp³-hybridized carbons (Fsp3) is 0.167. The fourth-order valence-electron chi connectivity index (χ4n) is 1.51. The standard InChI is InChI=1S/C12H10N2O3S2/c15-10(16)3-6-14-11(17)9(19-12(14)18)7-8-1-4-13-5-2-8/h1-2,4-5,7H,3,6H2,(H,15,16)/p-1/b9-7-. The van der Waals surface area contributed by atoms with E-state index in [-0.39, 0.29) is 18.9 Å². The molecule has 0 aromatic carbocycles. The first-order valence-corrected chi connectivity index (χ1v) is 6.65. The number of thiocarbonyl (C=S) groups is 1. The summed E-state index contributed by atoms with van der Waals surface area (Å²) in [6.45, 7) is 0.0423. The summed E-state index contributed by atoms with van der Waals surface area (Å²) in [5.74, 6) is -1.47. The average molecular weight is 293 g/mol. The van der Waals surface area contributed by atoms with Crippen LogP contribution in [0.2, 0.25) is 0 Å². The molecule has 1 aromatic heterocycles. The maximum atomic E-state index is 12.1. The molecule has 1 aliphatic heterocycles. The predicted octanol–water partition coefficient (Wildman–Crippen LogP) is 0.423. The molecule has 0 atom stereocenters. The van der Waals surface area contributed by atoms with Crippen molar-refractivity contribution in [3.05, 3.63) is 35.0 Å². The van der Waals surface area contributed by atoms with E-state index in [2.05, 4.69) is 4.98 Å². The number of rotatable bonds is 4. The van der Waals surface area contributed by atoms with E-state index < -0.39 is 5.97 Å². The summed E-state index contributed by atoms with van der Waals surface area (Å²) in [6, 6.07) is 3.54. The summed E-state index contributed by atoms with van der Waals surface area (Å²) in [6.07, 6.45) is 4.74. The number of carboxylic acid groups (broad SMARTS) is 1. The minimum Gasteiger partial charge on any atom is -0.550 e. The summed E-state index contributed by atoms with van der Waals surface area (Å²) >= 11 is 6.23. The molecule has 2 rings (SSSR count). The Morgan fingerprint density at radius 1 is 1.47 bits per heavy atom. The molecule has 0 saturated carbocycles. The first-order valence-electron chi connectivity index (χ1n) is 5.43. The van der Waals surface area contributed by atoms with E-state index in [0.29, 0.717) is 9.23 Å². The molecule has 98 valence electrons. The molecule has 0 N–H and O–H groups in total. The van der Waals surface area contributed by atoms with Gasteiger partial charge in [-0.25, -0.2) is 0 Å². The molecule has 19 heavy (non-hydrogen) atoms. The molecular formula is C12H9N2O3S2-. The summed E-state index contributed by atoms with van der Waals surface area (Å²) in [5, 5.41) is 10.4. The van der Waals surface area contributed by atoms with Gasteiger partial charge in [0, 0.05) is 31.3 Å². The largest absolute Gasteiger partial charge is 0.550 e. The third kappa shape index (κ3) is 3.39. The van der Waals surface area contributed by atoms with E-state index in [0.717, 1.165) is 17.3 Å². The van der Waals surface area contributed by atoms with E-state index in [1.54, 1.807) is 30.6 Å². The van der Waals surface area contributed by atoms with Gasteiger partial charge in [-0.15, -0.1) is 0 Å². The van der Waals surface area contributed by atoms with E-state index in [9.17, 15) is 14.7 Å². The zero-order valence-corrected chi connectivity index (χ0v) is 11.4. The number of thioether (sulfide) groups is 1. The van der Waals surface area contributed by atoms with E-state index in [1.165, 1.54) is 4.90 Å².